The van der Waals surface area contributed by atoms with Gasteiger partial charge in [-0.2, -0.15) is 0 Å². The van der Waals surface area contributed by atoms with E-state index in [0.717, 1.165) is 25.7 Å². The third-order valence-corrected chi connectivity index (χ3v) is 8.02. The fraction of sp³-hybridized carbons (Fsp3) is 0.842. The van der Waals surface area contributed by atoms with Crippen LogP contribution in [0.25, 0.3) is 0 Å². The molecule has 0 saturated heterocycles. The second-order valence-corrected chi connectivity index (χ2v) is 10.0. The number of aliphatic carboxylic acids is 1. The Morgan fingerprint density at radius 2 is 1.67 bits per heavy atom. The topological polar surface area (TPSA) is 63.6 Å². The molecular formula is C19H33O4P. The molecule has 138 valence electrons. The molecule has 0 aromatic rings. The lowest BCUT2D eigenvalue weighted by Gasteiger charge is -2.27. The molecule has 1 atom stereocenters. The summed E-state index contributed by atoms with van der Waals surface area (Å²) in [7, 11) is -2.91. The van der Waals surface area contributed by atoms with Crippen molar-refractivity contribution in [1.29, 1.82) is 0 Å². The second kappa shape index (κ2) is 9.77. The van der Waals surface area contributed by atoms with Crippen LogP contribution in [0.15, 0.2) is 11.6 Å². The van der Waals surface area contributed by atoms with Crippen molar-refractivity contribution in [3.8, 4) is 0 Å². The average molecular weight is 356 g/mol. The highest BCUT2D eigenvalue weighted by molar-refractivity contribution is 7.59. The van der Waals surface area contributed by atoms with E-state index in [9.17, 15) is 14.5 Å². The Bertz CT molecular complexity index is 474. The second-order valence-electron chi connectivity index (χ2n) is 7.47. The van der Waals surface area contributed by atoms with Crippen molar-refractivity contribution in [2.75, 3.05) is 18.9 Å². The summed E-state index contributed by atoms with van der Waals surface area (Å²) in [5, 5.41) is 9.60. The van der Waals surface area contributed by atoms with Crippen molar-refractivity contribution in [2.24, 2.45) is 11.8 Å². The molecule has 2 aliphatic rings. The van der Waals surface area contributed by atoms with Crippen LogP contribution in [0.2, 0.25) is 0 Å². The van der Waals surface area contributed by atoms with Crippen LogP contribution in [0.3, 0.4) is 0 Å². The van der Waals surface area contributed by atoms with Gasteiger partial charge in [0.1, 0.15) is 0 Å². The number of carbonyl (C=O) groups is 1. The third kappa shape index (κ3) is 6.37. The van der Waals surface area contributed by atoms with Gasteiger partial charge in [0.05, 0.1) is 12.8 Å². The van der Waals surface area contributed by atoms with Crippen molar-refractivity contribution < 1.29 is 19.0 Å². The molecule has 2 saturated carbocycles. The van der Waals surface area contributed by atoms with Gasteiger partial charge in [0, 0.05) is 11.7 Å². The van der Waals surface area contributed by atoms with Crippen LogP contribution in [-0.4, -0.2) is 30.0 Å². The Kier molecular flexibility index (Phi) is 8.03. The maximum absolute atomic E-state index is 13.3. The smallest absolute Gasteiger partial charge is 0.331 e. The normalized spacial score (nSPS) is 23.8. The van der Waals surface area contributed by atoms with Gasteiger partial charge < -0.3 is 9.63 Å². The predicted molar refractivity (Wildman–Crippen MR) is 97.8 cm³/mol. The Labute approximate surface area is 146 Å². The standard InChI is InChI=1S/C19H33O4P/c1-2-23-24(22,14-17-11-7-4-8-12-17)15-18(19(20)21)13-16-9-5-3-6-10-16/h13,16-17H,2-12,14-15H2,1H3,(H,20,21)/b18-13-. The summed E-state index contributed by atoms with van der Waals surface area (Å²) >= 11 is 0. The highest BCUT2D eigenvalue weighted by Crippen LogP contribution is 2.52. The summed E-state index contributed by atoms with van der Waals surface area (Å²) in [6.07, 6.45) is 14.1. The molecule has 0 bridgehead atoms. The minimum absolute atomic E-state index is 0.100. The molecule has 1 unspecified atom stereocenters. The Hall–Kier alpha value is -0.600. The Balaban J connectivity index is 2.07. The first-order valence-electron chi connectivity index (χ1n) is 9.69. The van der Waals surface area contributed by atoms with Crippen molar-refractivity contribution in [3.63, 3.8) is 0 Å². The van der Waals surface area contributed by atoms with Crippen molar-refractivity contribution in [2.45, 2.75) is 71.1 Å². The van der Waals surface area contributed by atoms with Gasteiger partial charge in [-0.1, -0.05) is 44.6 Å². The van der Waals surface area contributed by atoms with Crippen LogP contribution < -0.4 is 0 Å². The van der Waals surface area contributed by atoms with Crippen LogP contribution in [0.1, 0.15) is 71.1 Å². The molecular weight excluding hydrogens is 323 g/mol. The molecule has 0 radical (unpaired) electrons. The lowest BCUT2D eigenvalue weighted by atomic mass is 9.88. The van der Waals surface area contributed by atoms with Crippen LogP contribution in [-0.2, 0) is 13.9 Å². The molecule has 0 aliphatic heterocycles. The van der Waals surface area contributed by atoms with Gasteiger partial charge in [0.25, 0.3) is 0 Å². The third-order valence-electron chi connectivity index (χ3n) is 5.40. The lowest BCUT2D eigenvalue weighted by Crippen LogP contribution is -2.17. The summed E-state index contributed by atoms with van der Waals surface area (Å²) in [4.78, 5) is 11.7. The van der Waals surface area contributed by atoms with Gasteiger partial charge in [0.15, 0.2) is 0 Å². The van der Waals surface area contributed by atoms with E-state index in [-0.39, 0.29) is 6.16 Å². The molecule has 4 nitrogen and oxygen atoms in total. The van der Waals surface area contributed by atoms with E-state index in [4.69, 9.17) is 4.52 Å². The van der Waals surface area contributed by atoms with E-state index in [1.807, 2.05) is 13.0 Å². The number of hydrogen-bond donors (Lipinski definition) is 1. The number of rotatable bonds is 8. The average Bonchev–Trinajstić information content (AvgIpc) is 2.56. The zero-order valence-corrected chi connectivity index (χ0v) is 15.9. The first-order chi connectivity index (χ1) is 11.5. The molecule has 0 amide bonds. The van der Waals surface area contributed by atoms with Crippen LogP contribution >= 0.6 is 7.37 Å². The number of carboxylic acids is 1. The van der Waals surface area contributed by atoms with Crippen molar-refractivity contribution in [3.05, 3.63) is 11.6 Å². The summed E-state index contributed by atoms with van der Waals surface area (Å²) < 4.78 is 19.0. The molecule has 5 heteroatoms. The zero-order chi connectivity index (χ0) is 17.4. The molecule has 0 spiro atoms. The monoisotopic (exact) mass is 356 g/mol. The molecule has 0 aromatic heterocycles. The highest BCUT2D eigenvalue weighted by Gasteiger charge is 2.31. The predicted octanol–water partition coefficient (Wildman–Crippen LogP) is 5.47. The SMILES string of the molecule is CCOP(=O)(C/C(=C/C1CCCCC1)C(=O)O)CC1CCCCC1. The van der Waals surface area contributed by atoms with E-state index in [0.29, 0.717) is 30.2 Å². The quantitative estimate of drug-likeness (QED) is 0.462. The molecule has 0 heterocycles. The summed E-state index contributed by atoms with van der Waals surface area (Å²) in [6.45, 7) is 2.24. The van der Waals surface area contributed by atoms with E-state index < -0.39 is 13.3 Å². The van der Waals surface area contributed by atoms with Crippen LogP contribution in [0.5, 0.6) is 0 Å². The maximum Gasteiger partial charge on any atom is 0.331 e. The summed E-state index contributed by atoms with van der Waals surface area (Å²) in [6, 6.07) is 0. The van der Waals surface area contributed by atoms with Gasteiger partial charge in [-0.15, -0.1) is 0 Å². The molecule has 2 fully saturated rings. The number of hydrogen-bond acceptors (Lipinski definition) is 3. The molecule has 2 aliphatic carbocycles. The Morgan fingerprint density at radius 1 is 1.08 bits per heavy atom. The maximum atomic E-state index is 13.3. The summed E-state index contributed by atoms with van der Waals surface area (Å²) in [5.41, 5.74) is 0.314. The van der Waals surface area contributed by atoms with Crippen LogP contribution in [0.4, 0.5) is 0 Å². The molecule has 0 aromatic carbocycles. The minimum Gasteiger partial charge on any atom is -0.478 e. The lowest BCUT2D eigenvalue weighted by molar-refractivity contribution is -0.132. The van der Waals surface area contributed by atoms with Gasteiger partial charge in [-0.3, -0.25) is 4.57 Å². The first-order valence-corrected chi connectivity index (χ1v) is 11.7. The van der Waals surface area contributed by atoms with Gasteiger partial charge in [-0.05, 0) is 44.4 Å². The van der Waals surface area contributed by atoms with E-state index in [1.54, 1.807) is 0 Å². The van der Waals surface area contributed by atoms with E-state index in [1.165, 1.54) is 38.5 Å². The van der Waals surface area contributed by atoms with Crippen LogP contribution in [0, 0.1) is 11.8 Å². The number of allylic oxidation sites excluding steroid dienone is 1. The van der Waals surface area contributed by atoms with E-state index >= 15 is 0 Å². The Morgan fingerprint density at radius 3 is 2.21 bits per heavy atom. The minimum atomic E-state index is -2.91. The van der Waals surface area contributed by atoms with Gasteiger partial charge >= 0.3 is 5.97 Å². The first kappa shape index (κ1) is 19.7. The van der Waals surface area contributed by atoms with Gasteiger partial charge in [-0.25, -0.2) is 4.79 Å². The molecule has 2 rings (SSSR count). The fourth-order valence-corrected chi connectivity index (χ4v) is 6.91. The molecule has 1 N–H and O–H groups in total. The largest absolute Gasteiger partial charge is 0.478 e. The number of carboxylic acid groups (broad SMARTS) is 1. The zero-order valence-electron chi connectivity index (χ0n) is 15.0. The fourth-order valence-electron chi connectivity index (χ4n) is 4.20. The van der Waals surface area contributed by atoms with Gasteiger partial charge in [0.2, 0.25) is 7.37 Å². The molecule has 24 heavy (non-hydrogen) atoms. The summed E-state index contributed by atoms with van der Waals surface area (Å²) in [5.74, 6) is -0.167. The van der Waals surface area contributed by atoms with Crippen molar-refractivity contribution >= 4 is 13.3 Å². The van der Waals surface area contributed by atoms with Crippen molar-refractivity contribution in [1.82, 2.24) is 0 Å². The van der Waals surface area contributed by atoms with E-state index in [2.05, 4.69) is 0 Å². The highest BCUT2D eigenvalue weighted by atomic mass is 31.2.